The van der Waals surface area contributed by atoms with Crippen LogP contribution in [0.4, 0.5) is 0 Å². The molecule has 0 radical (unpaired) electrons. The largest absolute Gasteiger partial charge is 0.488 e. The lowest BCUT2D eigenvalue weighted by atomic mass is 9.89. The Hall–Kier alpha value is -3.01. The minimum Gasteiger partial charge on any atom is -0.488 e. The summed E-state index contributed by atoms with van der Waals surface area (Å²) in [7, 11) is -2.47. The monoisotopic (exact) mass is 555 g/mol. The molecule has 0 N–H and O–H groups in total. The summed E-state index contributed by atoms with van der Waals surface area (Å²) < 4.78 is 40.1. The van der Waals surface area contributed by atoms with Gasteiger partial charge in [0.25, 0.3) is 0 Å². The fourth-order valence-corrected chi connectivity index (χ4v) is 7.47. The lowest BCUT2D eigenvalue weighted by Gasteiger charge is -2.25. The van der Waals surface area contributed by atoms with E-state index in [-0.39, 0.29) is 42.3 Å². The number of benzene rings is 2. The number of nitrogens with zero attached hydrogens (tertiary/aromatic N) is 1. The third kappa shape index (κ3) is 5.85. The normalized spacial score (nSPS) is 17.6. The van der Waals surface area contributed by atoms with Gasteiger partial charge in [0.15, 0.2) is 5.78 Å². The lowest BCUT2D eigenvalue weighted by molar-refractivity contribution is -0.140. The predicted octanol–water partition coefficient (Wildman–Crippen LogP) is 5.71. The molecule has 2 heterocycles. The number of hydrogen-bond acceptors (Lipinski definition) is 7. The molecule has 38 heavy (non-hydrogen) atoms. The van der Waals surface area contributed by atoms with E-state index in [1.54, 1.807) is 30.3 Å². The van der Waals surface area contributed by atoms with E-state index < -0.39 is 15.9 Å². The number of fused-ring (bicyclic) bond motifs is 1. The Bertz CT molecular complexity index is 1430. The smallest absolute Gasteiger partial charge is 0.306 e. The summed E-state index contributed by atoms with van der Waals surface area (Å²) in [5.41, 5.74) is 3.17. The number of ketones is 1. The SMILES string of the molecule is CCC[C@@H]1CN(Cc2cc(C(CC(=O)OC)c3sccc3C(C)=O)ccc2C)S(=O)(=O)c2ccccc2O1. The maximum absolute atomic E-state index is 13.7. The van der Waals surface area contributed by atoms with E-state index >= 15 is 0 Å². The predicted molar refractivity (Wildman–Crippen MR) is 147 cm³/mol. The zero-order valence-electron chi connectivity index (χ0n) is 22.1. The van der Waals surface area contributed by atoms with E-state index in [0.29, 0.717) is 11.3 Å². The Labute approximate surface area is 228 Å². The third-order valence-electron chi connectivity index (χ3n) is 6.89. The number of esters is 1. The molecule has 7 nitrogen and oxygen atoms in total. The second-order valence-electron chi connectivity index (χ2n) is 9.55. The number of carbonyl (C=O) groups is 2. The summed E-state index contributed by atoms with van der Waals surface area (Å²) in [4.78, 5) is 25.6. The highest BCUT2D eigenvalue weighted by atomic mass is 32.2. The number of rotatable bonds is 9. The number of ether oxygens (including phenoxy) is 2. The Kier molecular flexibility index (Phi) is 8.70. The molecule has 0 bridgehead atoms. The number of Topliss-reactive ketones (excluding diaryl/α,β-unsaturated/α-hetero) is 1. The van der Waals surface area contributed by atoms with Gasteiger partial charge in [0.1, 0.15) is 16.7 Å². The van der Waals surface area contributed by atoms with Crippen molar-refractivity contribution >= 4 is 33.1 Å². The fraction of sp³-hybridized carbons (Fsp3) is 0.379. The first-order chi connectivity index (χ1) is 18.1. The van der Waals surface area contributed by atoms with Crippen LogP contribution in [0, 0.1) is 6.92 Å². The maximum atomic E-state index is 13.7. The summed E-state index contributed by atoms with van der Waals surface area (Å²) >= 11 is 1.43. The van der Waals surface area contributed by atoms with Gasteiger partial charge >= 0.3 is 5.97 Å². The standard InChI is InChI=1S/C29H33NO6S2/c1-5-8-23-18-30(38(33,34)27-10-7-6-9-26(27)36-23)17-22-15-21(12-11-19(22)2)25(16-28(32)35-4)29-24(20(3)31)13-14-37-29/h6-7,9-15,23,25H,5,8,16-18H2,1-4H3/t23-,25?/m1/s1. The van der Waals surface area contributed by atoms with Crippen LogP contribution < -0.4 is 4.74 Å². The van der Waals surface area contributed by atoms with Crippen molar-refractivity contribution in [3.05, 3.63) is 81.0 Å². The Balaban J connectivity index is 1.75. The summed E-state index contributed by atoms with van der Waals surface area (Å²) in [6.45, 7) is 5.90. The van der Waals surface area contributed by atoms with E-state index in [1.807, 2.05) is 37.4 Å². The van der Waals surface area contributed by atoms with E-state index in [2.05, 4.69) is 0 Å². The summed E-state index contributed by atoms with van der Waals surface area (Å²) in [5, 5.41) is 1.85. The van der Waals surface area contributed by atoms with Gasteiger partial charge in [0, 0.05) is 22.9 Å². The molecule has 0 amide bonds. The number of para-hydroxylation sites is 1. The molecule has 4 rings (SSSR count). The van der Waals surface area contributed by atoms with Crippen LogP contribution in [0.15, 0.2) is 58.8 Å². The molecule has 0 saturated carbocycles. The van der Waals surface area contributed by atoms with Crippen LogP contribution in [0.2, 0.25) is 0 Å². The lowest BCUT2D eigenvalue weighted by Crippen LogP contribution is -2.36. The van der Waals surface area contributed by atoms with Gasteiger partial charge in [0.05, 0.1) is 20.1 Å². The van der Waals surface area contributed by atoms with Crippen molar-refractivity contribution in [2.24, 2.45) is 0 Å². The Morgan fingerprint density at radius 2 is 1.95 bits per heavy atom. The average Bonchev–Trinajstić information content (AvgIpc) is 3.35. The van der Waals surface area contributed by atoms with Crippen LogP contribution >= 0.6 is 11.3 Å². The molecule has 0 saturated heterocycles. The maximum Gasteiger partial charge on any atom is 0.306 e. The molecule has 1 aliphatic rings. The van der Waals surface area contributed by atoms with Crippen molar-refractivity contribution < 1.29 is 27.5 Å². The topological polar surface area (TPSA) is 90.0 Å². The van der Waals surface area contributed by atoms with E-state index in [9.17, 15) is 18.0 Å². The van der Waals surface area contributed by atoms with Gasteiger partial charge in [-0.15, -0.1) is 11.3 Å². The zero-order valence-corrected chi connectivity index (χ0v) is 23.7. The van der Waals surface area contributed by atoms with Crippen LogP contribution in [0.5, 0.6) is 5.75 Å². The molecular formula is C29H33NO6S2. The molecule has 2 aromatic carbocycles. The molecule has 1 aromatic heterocycles. The number of hydrogen-bond donors (Lipinski definition) is 0. The molecule has 3 aromatic rings. The molecule has 0 fully saturated rings. The number of aryl methyl sites for hydroxylation is 1. The first kappa shape index (κ1) is 28.0. The van der Waals surface area contributed by atoms with Gasteiger partial charge in [-0.3, -0.25) is 9.59 Å². The molecule has 1 aliphatic heterocycles. The molecule has 9 heteroatoms. The average molecular weight is 556 g/mol. The van der Waals surface area contributed by atoms with Gasteiger partial charge in [-0.25, -0.2) is 8.42 Å². The van der Waals surface area contributed by atoms with Crippen LogP contribution in [0.1, 0.15) is 71.0 Å². The van der Waals surface area contributed by atoms with Gasteiger partial charge in [-0.05, 0) is 60.5 Å². The minimum absolute atomic E-state index is 0.0697. The highest BCUT2D eigenvalue weighted by Gasteiger charge is 2.35. The van der Waals surface area contributed by atoms with Crippen LogP contribution in [0.3, 0.4) is 0 Å². The quantitative estimate of drug-likeness (QED) is 0.248. The first-order valence-electron chi connectivity index (χ1n) is 12.7. The van der Waals surface area contributed by atoms with E-state index in [0.717, 1.165) is 34.4 Å². The number of sulfonamides is 1. The molecule has 2 atom stereocenters. The highest BCUT2D eigenvalue weighted by molar-refractivity contribution is 7.89. The number of thiophene rings is 1. The zero-order chi connectivity index (χ0) is 27.4. The molecular weight excluding hydrogens is 522 g/mol. The molecule has 0 spiro atoms. The van der Waals surface area contributed by atoms with Crippen LogP contribution in [0.25, 0.3) is 0 Å². The second-order valence-corrected chi connectivity index (χ2v) is 12.4. The van der Waals surface area contributed by atoms with Crippen molar-refractivity contribution in [1.82, 2.24) is 4.31 Å². The summed E-state index contributed by atoms with van der Waals surface area (Å²) in [6, 6.07) is 14.4. The first-order valence-corrected chi connectivity index (χ1v) is 15.0. The summed E-state index contributed by atoms with van der Waals surface area (Å²) in [5.74, 6) is -0.462. The Morgan fingerprint density at radius 3 is 2.66 bits per heavy atom. The summed E-state index contributed by atoms with van der Waals surface area (Å²) in [6.07, 6.45) is 1.40. The van der Waals surface area contributed by atoms with Gasteiger partial charge in [-0.1, -0.05) is 43.7 Å². The van der Waals surface area contributed by atoms with Crippen molar-refractivity contribution in [3.8, 4) is 5.75 Å². The molecule has 1 unspecified atom stereocenters. The van der Waals surface area contributed by atoms with Crippen molar-refractivity contribution in [3.63, 3.8) is 0 Å². The van der Waals surface area contributed by atoms with Crippen molar-refractivity contribution in [1.29, 1.82) is 0 Å². The van der Waals surface area contributed by atoms with E-state index in [1.165, 1.54) is 29.7 Å². The third-order valence-corrected chi connectivity index (χ3v) is 9.77. The number of methoxy groups -OCH3 is 1. The fourth-order valence-electron chi connectivity index (χ4n) is 4.83. The molecule has 202 valence electrons. The van der Waals surface area contributed by atoms with Crippen molar-refractivity contribution in [2.45, 2.75) is 63.5 Å². The van der Waals surface area contributed by atoms with Gasteiger partial charge in [-0.2, -0.15) is 4.31 Å². The minimum atomic E-state index is -3.81. The highest BCUT2D eigenvalue weighted by Crippen LogP contribution is 2.37. The Morgan fingerprint density at radius 1 is 1.18 bits per heavy atom. The number of carbonyl (C=O) groups excluding carboxylic acids is 2. The van der Waals surface area contributed by atoms with Crippen LogP contribution in [-0.2, 0) is 26.1 Å². The van der Waals surface area contributed by atoms with Gasteiger partial charge in [0.2, 0.25) is 10.0 Å². The van der Waals surface area contributed by atoms with Crippen LogP contribution in [-0.4, -0.2) is 44.2 Å². The van der Waals surface area contributed by atoms with Crippen molar-refractivity contribution in [2.75, 3.05) is 13.7 Å². The van der Waals surface area contributed by atoms with E-state index in [4.69, 9.17) is 9.47 Å². The van der Waals surface area contributed by atoms with Gasteiger partial charge < -0.3 is 9.47 Å². The second kappa shape index (κ2) is 11.8. The molecule has 0 aliphatic carbocycles.